The van der Waals surface area contributed by atoms with Crippen LogP contribution in [0.1, 0.15) is 81.6 Å². The van der Waals surface area contributed by atoms with E-state index in [0.717, 1.165) is 26.2 Å². The van der Waals surface area contributed by atoms with Crippen molar-refractivity contribution in [3.8, 4) is 0 Å². The van der Waals surface area contributed by atoms with Gasteiger partial charge in [-0.2, -0.15) is 0 Å². The molecule has 1 aliphatic rings. The SMILES string of the molecule is CC.CC.CC(=O)O.CCNC(=O)OC(C)(C)C.N[C@@H]1CC[C@H](N)C1. The van der Waals surface area contributed by atoms with Crippen molar-refractivity contribution in [1.82, 2.24) is 5.32 Å². The lowest BCUT2D eigenvalue weighted by Crippen LogP contribution is -2.32. The zero-order valence-corrected chi connectivity index (χ0v) is 17.8. The van der Waals surface area contributed by atoms with Gasteiger partial charge in [-0.1, -0.05) is 27.7 Å². The number of nitrogens with two attached hydrogens (primary N) is 2. The quantitative estimate of drug-likeness (QED) is 0.563. The molecule has 0 radical (unpaired) electrons. The summed E-state index contributed by atoms with van der Waals surface area (Å²) in [6.45, 7) is 17.0. The van der Waals surface area contributed by atoms with Gasteiger partial charge >= 0.3 is 6.09 Å². The number of alkyl carbamates (subject to hydrolysis) is 1. The summed E-state index contributed by atoms with van der Waals surface area (Å²) >= 11 is 0. The van der Waals surface area contributed by atoms with Crippen molar-refractivity contribution in [3.05, 3.63) is 0 Å². The van der Waals surface area contributed by atoms with Crippen LogP contribution < -0.4 is 16.8 Å². The monoisotopic (exact) mass is 365 g/mol. The molecule has 0 aromatic carbocycles. The van der Waals surface area contributed by atoms with E-state index >= 15 is 0 Å². The van der Waals surface area contributed by atoms with E-state index in [2.05, 4.69) is 5.32 Å². The highest BCUT2D eigenvalue weighted by atomic mass is 16.6. The van der Waals surface area contributed by atoms with Crippen molar-refractivity contribution in [2.45, 2.75) is 99.3 Å². The van der Waals surface area contributed by atoms with Gasteiger partial charge in [0.15, 0.2) is 0 Å². The lowest BCUT2D eigenvalue weighted by atomic mass is 10.2. The Kier molecular flexibility index (Phi) is 26.0. The van der Waals surface area contributed by atoms with E-state index in [4.69, 9.17) is 26.1 Å². The third-order valence-electron chi connectivity index (χ3n) is 2.23. The van der Waals surface area contributed by atoms with Crippen molar-refractivity contribution >= 4 is 12.1 Å². The Hall–Kier alpha value is -1.34. The molecule has 2 atom stereocenters. The first-order valence-corrected chi connectivity index (χ1v) is 9.15. The second-order valence-electron chi connectivity index (χ2n) is 5.88. The first kappa shape index (κ1) is 31.4. The number of carbonyl (C=O) groups is 2. The predicted molar refractivity (Wildman–Crippen MR) is 106 cm³/mol. The predicted octanol–water partition coefficient (Wildman–Crippen LogP) is 3.50. The van der Waals surface area contributed by atoms with Crippen LogP contribution in [0.25, 0.3) is 0 Å². The van der Waals surface area contributed by atoms with E-state index in [0.29, 0.717) is 18.6 Å². The molecule has 25 heavy (non-hydrogen) atoms. The number of rotatable bonds is 1. The molecule has 7 nitrogen and oxygen atoms in total. The Balaban J connectivity index is -0.000000128. The third kappa shape index (κ3) is 39.4. The molecule has 1 saturated carbocycles. The minimum atomic E-state index is -0.833. The molecule has 1 aliphatic carbocycles. The van der Waals surface area contributed by atoms with E-state index in [1.54, 1.807) is 0 Å². The summed E-state index contributed by atoms with van der Waals surface area (Å²) in [6, 6.07) is 0.796. The molecule has 0 aromatic rings. The van der Waals surface area contributed by atoms with Gasteiger partial charge in [-0.3, -0.25) is 4.79 Å². The lowest BCUT2D eigenvalue weighted by Gasteiger charge is -2.19. The zero-order valence-electron chi connectivity index (χ0n) is 17.8. The van der Waals surface area contributed by atoms with Crippen LogP contribution in [-0.4, -0.2) is 41.4 Å². The van der Waals surface area contributed by atoms with Gasteiger partial charge < -0.3 is 26.6 Å². The number of nitrogens with one attached hydrogen (secondary N) is 1. The maximum Gasteiger partial charge on any atom is 0.407 e. The topological polar surface area (TPSA) is 128 Å². The fourth-order valence-corrected chi connectivity index (χ4v) is 1.51. The van der Waals surface area contributed by atoms with Crippen LogP contribution in [0.4, 0.5) is 4.79 Å². The van der Waals surface area contributed by atoms with E-state index in [1.807, 2.05) is 55.4 Å². The summed E-state index contributed by atoms with van der Waals surface area (Å²) < 4.78 is 4.93. The summed E-state index contributed by atoms with van der Waals surface area (Å²) in [5, 5.41) is 9.96. The van der Waals surface area contributed by atoms with Crippen LogP contribution in [0.3, 0.4) is 0 Å². The summed E-state index contributed by atoms with van der Waals surface area (Å²) in [6.07, 6.45) is 2.93. The first-order valence-electron chi connectivity index (χ1n) is 9.15. The number of hydrogen-bond donors (Lipinski definition) is 4. The first-order chi connectivity index (χ1) is 11.5. The Morgan fingerprint density at radius 3 is 1.56 bits per heavy atom. The highest BCUT2D eigenvalue weighted by molar-refractivity contribution is 5.67. The summed E-state index contributed by atoms with van der Waals surface area (Å²) in [5.74, 6) is -0.833. The van der Waals surface area contributed by atoms with Crippen molar-refractivity contribution in [2.75, 3.05) is 6.54 Å². The van der Waals surface area contributed by atoms with Gasteiger partial charge in [-0.15, -0.1) is 0 Å². The van der Waals surface area contributed by atoms with Gasteiger partial charge in [0.2, 0.25) is 0 Å². The Morgan fingerprint density at radius 1 is 1.08 bits per heavy atom. The fraction of sp³-hybridized carbons (Fsp3) is 0.889. The van der Waals surface area contributed by atoms with Gasteiger partial charge in [0.05, 0.1) is 0 Å². The molecule has 0 saturated heterocycles. The number of carboxylic acid groups (broad SMARTS) is 1. The van der Waals surface area contributed by atoms with Crippen LogP contribution in [0.15, 0.2) is 0 Å². The molecule has 0 heterocycles. The largest absolute Gasteiger partial charge is 0.481 e. The van der Waals surface area contributed by atoms with Crippen molar-refractivity contribution in [1.29, 1.82) is 0 Å². The summed E-state index contributed by atoms with van der Waals surface area (Å²) in [7, 11) is 0. The normalized spacial score (nSPS) is 17.6. The smallest absolute Gasteiger partial charge is 0.407 e. The van der Waals surface area contributed by atoms with Gasteiger partial charge in [-0.25, -0.2) is 4.79 Å². The van der Waals surface area contributed by atoms with E-state index < -0.39 is 5.97 Å². The van der Waals surface area contributed by atoms with Crippen LogP contribution in [0.2, 0.25) is 0 Å². The number of carbonyl (C=O) groups excluding carboxylic acids is 1. The average Bonchev–Trinajstić information content (AvgIpc) is 2.85. The fourth-order valence-electron chi connectivity index (χ4n) is 1.51. The van der Waals surface area contributed by atoms with Crippen LogP contribution in [-0.2, 0) is 9.53 Å². The molecule has 0 unspecified atom stereocenters. The zero-order chi connectivity index (χ0) is 21.1. The second kappa shape index (κ2) is 20.7. The highest BCUT2D eigenvalue weighted by Crippen LogP contribution is 2.14. The Morgan fingerprint density at radius 2 is 1.40 bits per heavy atom. The van der Waals surface area contributed by atoms with Crippen molar-refractivity contribution in [3.63, 3.8) is 0 Å². The minimum absolute atomic E-state index is 0.352. The number of hydrogen-bond acceptors (Lipinski definition) is 5. The third-order valence-corrected chi connectivity index (χ3v) is 2.23. The summed E-state index contributed by atoms with van der Waals surface area (Å²) in [5.41, 5.74) is 10.7. The average molecular weight is 366 g/mol. The molecule has 7 heteroatoms. The highest BCUT2D eigenvalue weighted by Gasteiger charge is 2.17. The van der Waals surface area contributed by atoms with Gasteiger partial charge in [0.25, 0.3) is 5.97 Å². The maximum atomic E-state index is 10.7. The second-order valence-corrected chi connectivity index (χ2v) is 5.88. The molecule has 0 bridgehead atoms. The molecule has 0 aliphatic heterocycles. The van der Waals surface area contributed by atoms with Gasteiger partial charge in [0.1, 0.15) is 5.60 Å². The molecular weight excluding hydrogens is 322 g/mol. The Bertz CT molecular complexity index is 293. The number of amides is 1. The molecule has 1 fully saturated rings. The minimum Gasteiger partial charge on any atom is -0.481 e. The van der Waals surface area contributed by atoms with E-state index in [-0.39, 0.29) is 11.7 Å². The van der Waals surface area contributed by atoms with E-state index in [9.17, 15) is 4.79 Å². The molecule has 154 valence electrons. The van der Waals surface area contributed by atoms with E-state index in [1.165, 1.54) is 0 Å². The van der Waals surface area contributed by atoms with Gasteiger partial charge in [-0.05, 0) is 47.0 Å². The molecule has 1 rings (SSSR count). The number of carboxylic acids is 1. The van der Waals surface area contributed by atoms with Crippen LogP contribution in [0, 0.1) is 0 Å². The van der Waals surface area contributed by atoms with Crippen LogP contribution >= 0.6 is 0 Å². The van der Waals surface area contributed by atoms with Crippen molar-refractivity contribution in [2.24, 2.45) is 11.5 Å². The lowest BCUT2D eigenvalue weighted by molar-refractivity contribution is -0.134. The molecule has 6 N–H and O–H groups in total. The Labute approximate surface area is 154 Å². The number of aliphatic carboxylic acids is 1. The summed E-state index contributed by atoms with van der Waals surface area (Å²) in [4.78, 5) is 19.7. The van der Waals surface area contributed by atoms with Crippen LogP contribution in [0.5, 0.6) is 0 Å². The number of ether oxygens (including phenoxy) is 1. The maximum absolute atomic E-state index is 10.7. The molecule has 1 amide bonds. The van der Waals surface area contributed by atoms with Gasteiger partial charge in [0, 0.05) is 25.6 Å². The molecule has 0 aromatic heterocycles. The standard InChI is InChI=1S/C7H15NO2.C5H12N2.C2H4O2.2C2H6/c1-5-8-6(9)10-7(2,3)4;6-4-1-2-5(7)3-4;1-2(3)4;2*1-2/h5H2,1-4H3,(H,8,9);4-5H,1-3,6-7H2;1H3,(H,3,4);2*1-2H3/t;4-,5+;;;. The van der Waals surface area contributed by atoms with Crippen molar-refractivity contribution < 1.29 is 19.4 Å². The molecule has 0 spiro atoms. The molecular formula is C18H43N3O4.